The second-order valence-corrected chi connectivity index (χ2v) is 7.15. The van der Waals surface area contributed by atoms with Crippen molar-refractivity contribution in [3.8, 4) is 0 Å². The maximum atomic E-state index is 5.38. The standard InChI is InChI=1S/C15H19IN2O/c16-11-1-3-12(4-2-11)17-7-13-5-6-14(8-17)18(13)15-9-19-10-15/h1-4,13-15H,5-10H2. The minimum absolute atomic E-state index is 0.705. The maximum Gasteiger partial charge on any atom is 0.0645 e. The number of hydrogen-bond acceptors (Lipinski definition) is 3. The third-order valence-corrected chi connectivity index (χ3v) is 5.49. The molecule has 0 aliphatic carbocycles. The summed E-state index contributed by atoms with van der Waals surface area (Å²) in [5, 5.41) is 0. The van der Waals surface area contributed by atoms with E-state index in [9.17, 15) is 0 Å². The molecular formula is C15H19IN2O. The molecule has 2 atom stereocenters. The van der Waals surface area contributed by atoms with Crippen molar-refractivity contribution in [1.29, 1.82) is 0 Å². The topological polar surface area (TPSA) is 15.7 Å². The van der Waals surface area contributed by atoms with E-state index < -0.39 is 0 Å². The van der Waals surface area contributed by atoms with E-state index in [0.717, 1.165) is 25.3 Å². The molecule has 3 aliphatic rings. The highest BCUT2D eigenvalue weighted by molar-refractivity contribution is 14.1. The zero-order chi connectivity index (χ0) is 12.8. The van der Waals surface area contributed by atoms with Crippen molar-refractivity contribution in [2.24, 2.45) is 0 Å². The summed E-state index contributed by atoms with van der Waals surface area (Å²) in [6.45, 7) is 4.29. The van der Waals surface area contributed by atoms with E-state index in [1.54, 1.807) is 0 Å². The van der Waals surface area contributed by atoms with Gasteiger partial charge in [0.05, 0.1) is 19.3 Å². The highest BCUT2D eigenvalue weighted by atomic mass is 127. The van der Waals surface area contributed by atoms with Crippen LogP contribution in [-0.2, 0) is 4.74 Å². The largest absolute Gasteiger partial charge is 0.378 e. The van der Waals surface area contributed by atoms with Crippen molar-refractivity contribution in [1.82, 2.24) is 4.90 Å². The Kier molecular flexibility index (Phi) is 3.20. The molecule has 1 aromatic carbocycles. The quantitative estimate of drug-likeness (QED) is 0.744. The summed E-state index contributed by atoms with van der Waals surface area (Å²) in [5.41, 5.74) is 1.39. The normalized spacial score (nSPS) is 31.5. The van der Waals surface area contributed by atoms with E-state index >= 15 is 0 Å². The van der Waals surface area contributed by atoms with Crippen LogP contribution in [0.25, 0.3) is 0 Å². The number of hydrogen-bond donors (Lipinski definition) is 0. The highest BCUT2D eigenvalue weighted by Gasteiger charge is 2.45. The summed E-state index contributed by atoms with van der Waals surface area (Å²) in [7, 11) is 0. The van der Waals surface area contributed by atoms with E-state index in [2.05, 4.69) is 56.7 Å². The molecule has 3 aliphatic heterocycles. The molecule has 4 heteroatoms. The third-order valence-electron chi connectivity index (χ3n) is 4.77. The zero-order valence-electron chi connectivity index (χ0n) is 11.0. The third kappa shape index (κ3) is 2.17. The summed E-state index contributed by atoms with van der Waals surface area (Å²) < 4.78 is 6.70. The Balaban J connectivity index is 1.52. The second-order valence-electron chi connectivity index (χ2n) is 5.90. The summed E-state index contributed by atoms with van der Waals surface area (Å²) in [4.78, 5) is 5.33. The van der Waals surface area contributed by atoms with Crippen LogP contribution < -0.4 is 4.90 Å². The number of piperazine rings is 1. The minimum Gasteiger partial charge on any atom is -0.378 e. The Hall–Kier alpha value is -0.330. The lowest BCUT2D eigenvalue weighted by atomic mass is 10.1. The van der Waals surface area contributed by atoms with Crippen LogP contribution in [0.15, 0.2) is 24.3 Å². The first-order chi connectivity index (χ1) is 9.31. The van der Waals surface area contributed by atoms with Crippen LogP contribution >= 0.6 is 22.6 Å². The summed E-state index contributed by atoms with van der Waals surface area (Å²) in [6, 6.07) is 11.1. The minimum atomic E-state index is 0.705. The molecule has 1 aromatic rings. The lowest BCUT2D eigenvalue weighted by Gasteiger charge is -2.48. The lowest BCUT2D eigenvalue weighted by molar-refractivity contribution is -0.0850. The number of fused-ring (bicyclic) bond motifs is 2. The predicted molar refractivity (Wildman–Crippen MR) is 84.6 cm³/mol. The SMILES string of the molecule is Ic1ccc(N2CC3CCC(C2)N3C2COC2)cc1. The van der Waals surface area contributed by atoms with E-state index in [4.69, 9.17) is 4.74 Å². The molecule has 102 valence electrons. The van der Waals surface area contributed by atoms with E-state index in [0.29, 0.717) is 6.04 Å². The summed E-state index contributed by atoms with van der Waals surface area (Å²) in [5.74, 6) is 0. The van der Waals surface area contributed by atoms with Gasteiger partial charge in [0.1, 0.15) is 0 Å². The molecule has 2 bridgehead atoms. The molecule has 3 saturated heterocycles. The van der Waals surface area contributed by atoms with Gasteiger partial charge < -0.3 is 9.64 Å². The lowest BCUT2D eigenvalue weighted by Crippen LogP contribution is -2.62. The Morgan fingerprint density at radius 2 is 1.58 bits per heavy atom. The average Bonchev–Trinajstić information content (AvgIpc) is 2.60. The molecule has 0 radical (unpaired) electrons. The van der Waals surface area contributed by atoms with Crippen LogP contribution in [0.3, 0.4) is 0 Å². The molecule has 0 aromatic heterocycles. The van der Waals surface area contributed by atoms with E-state index in [-0.39, 0.29) is 0 Å². The monoisotopic (exact) mass is 370 g/mol. The molecule has 0 N–H and O–H groups in total. The van der Waals surface area contributed by atoms with Crippen LogP contribution in [0.1, 0.15) is 12.8 Å². The fraction of sp³-hybridized carbons (Fsp3) is 0.600. The van der Waals surface area contributed by atoms with Gasteiger partial charge in [0, 0.05) is 34.4 Å². The van der Waals surface area contributed by atoms with Gasteiger partial charge in [0.25, 0.3) is 0 Å². The Labute approximate surface area is 128 Å². The van der Waals surface area contributed by atoms with Crippen LogP contribution in [-0.4, -0.2) is 49.3 Å². The average molecular weight is 370 g/mol. The van der Waals surface area contributed by atoms with E-state index in [1.807, 2.05) is 0 Å². The van der Waals surface area contributed by atoms with Gasteiger partial charge in [-0.2, -0.15) is 0 Å². The van der Waals surface area contributed by atoms with Crippen LogP contribution in [0, 0.1) is 3.57 Å². The first-order valence-electron chi connectivity index (χ1n) is 7.17. The van der Waals surface area contributed by atoms with Gasteiger partial charge in [-0.1, -0.05) is 0 Å². The van der Waals surface area contributed by atoms with Gasteiger partial charge in [0.2, 0.25) is 0 Å². The molecule has 4 rings (SSSR count). The van der Waals surface area contributed by atoms with Crippen molar-refractivity contribution in [3.63, 3.8) is 0 Å². The van der Waals surface area contributed by atoms with Crippen LogP contribution in [0.2, 0.25) is 0 Å². The summed E-state index contributed by atoms with van der Waals surface area (Å²) >= 11 is 2.37. The number of rotatable bonds is 2. The van der Waals surface area contributed by atoms with Gasteiger partial charge in [0.15, 0.2) is 0 Å². The molecule has 0 spiro atoms. The Bertz CT molecular complexity index is 446. The van der Waals surface area contributed by atoms with Crippen molar-refractivity contribution >= 4 is 28.3 Å². The first kappa shape index (κ1) is 12.4. The highest BCUT2D eigenvalue weighted by Crippen LogP contribution is 2.35. The number of anilines is 1. The van der Waals surface area contributed by atoms with Crippen LogP contribution in [0.4, 0.5) is 5.69 Å². The molecule has 0 amide bonds. The van der Waals surface area contributed by atoms with Crippen molar-refractivity contribution in [2.45, 2.75) is 31.0 Å². The molecule has 2 unspecified atom stereocenters. The Morgan fingerprint density at radius 1 is 0.947 bits per heavy atom. The number of ether oxygens (including phenoxy) is 1. The zero-order valence-corrected chi connectivity index (χ0v) is 13.1. The number of nitrogens with zero attached hydrogens (tertiary/aromatic N) is 2. The molecule has 0 saturated carbocycles. The van der Waals surface area contributed by atoms with E-state index in [1.165, 1.54) is 35.2 Å². The maximum absolute atomic E-state index is 5.38. The Morgan fingerprint density at radius 3 is 2.11 bits per heavy atom. The fourth-order valence-corrected chi connectivity index (χ4v) is 4.15. The van der Waals surface area contributed by atoms with Gasteiger partial charge >= 0.3 is 0 Å². The number of halogens is 1. The van der Waals surface area contributed by atoms with Gasteiger partial charge in [-0.25, -0.2) is 0 Å². The van der Waals surface area contributed by atoms with Gasteiger partial charge in [-0.3, -0.25) is 4.90 Å². The molecule has 19 heavy (non-hydrogen) atoms. The molecule has 3 heterocycles. The number of benzene rings is 1. The second kappa shape index (κ2) is 4.90. The van der Waals surface area contributed by atoms with Gasteiger partial charge in [-0.05, 0) is 59.7 Å². The molecule has 3 fully saturated rings. The predicted octanol–water partition coefficient (Wildman–Crippen LogP) is 2.34. The van der Waals surface area contributed by atoms with Crippen molar-refractivity contribution in [2.75, 3.05) is 31.2 Å². The van der Waals surface area contributed by atoms with Crippen molar-refractivity contribution in [3.05, 3.63) is 27.8 Å². The molecule has 3 nitrogen and oxygen atoms in total. The van der Waals surface area contributed by atoms with Crippen LogP contribution in [0.5, 0.6) is 0 Å². The van der Waals surface area contributed by atoms with Gasteiger partial charge in [-0.15, -0.1) is 0 Å². The first-order valence-corrected chi connectivity index (χ1v) is 8.25. The summed E-state index contributed by atoms with van der Waals surface area (Å²) in [6.07, 6.45) is 2.73. The van der Waals surface area contributed by atoms with Crippen molar-refractivity contribution < 1.29 is 4.74 Å². The smallest absolute Gasteiger partial charge is 0.0645 e. The molecular weight excluding hydrogens is 351 g/mol. The fourth-order valence-electron chi connectivity index (χ4n) is 3.79.